The summed E-state index contributed by atoms with van der Waals surface area (Å²) in [6, 6.07) is 0. The highest BCUT2D eigenvalue weighted by molar-refractivity contribution is 7.98. The number of carbonyl (C=O) groups is 1. The standard InChI is InChI=1S/C11H15F3N2OS/c1-7-9(10(17)11(12,13)14)8(2)16(15-7)5-4-6-18-3/h4-6H2,1-3H3. The van der Waals surface area contributed by atoms with Crippen LogP contribution in [0.2, 0.25) is 0 Å². The Morgan fingerprint density at radius 3 is 2.50 bits per heavy atom. The van der Waals surface area contributed by atoms with E-state index < -0.39 is 12.0 Å². The number of hydrogen-bond acceptors (Lipinski definition) is 3. The first kappa shape index (κ1) is 15.1. The van der Waals surface area contributed by atoms with Gasteiger partial charge in [0, 0.05) is 12.2 Å². The molecule has 1 rings (SSSR count). The molecule has 0 bridgehead atoms. The number of nitrogens with zero attached hydrogens (tertiary/aromatic N) is 2. The van der Waals surface area contributed by atoms with Gasteiger partial charge in [0.25, 0.3) is 5.78 Å². The van der Waals surface area contributed by atoms with E-state index in [9.17, 15) is 18.0 Å². The summed E-state index contributed by atoms with van der Waals surface area (Å²) in [7, 11) is 0. The van der Waals surface area contributed by atoms with E-state index in [1.807, 2.05) is 6.26 Å². The maximum atomic E-state index is 12.4. The molecule has 0 unspecified atom stereocenters. The Bertz CT molecular complexity index is 440. The molecule has 1 aromatic heterocycles. The smallest absolute Gasteiger partial charge is 0.284 e. The van der Waals surface area contributed by atoms with Crippen LogP contribution in [0.4, 0.5) is 13.2 Å². The van der Waals surface area contributed by atoms with Gasteiger partial charge in [-0.1, -0.05) is 0 Å². The average molecular weight is 280 g/mol. The lowest BCUT2D eigenvalue weighted by molar-refractivity contribution is -0.0886. The molecule has 0 saturated heterocycles. The number of rotatable bonds is 5. The van der Waals surface area contributed by atoms with Crippen molar-refractivity contribution in [2.45, 2.75) is 33.0 Å². The molecule has 1 aromatic rings. The molecule has 102 valence electrons. The molecule has 0 spiro atoms. The molecule has 0 amide bonds. The summed E-state index contributed by atoms with van der Waals surface area (Å²) in [5.74, 6) is -0.908. The number of halogens is 3. The minimum Gasteiger partial charge on any atom is -0.284 e. The van der Waals surface area contributed by atoms with Crippen LogP contribution >= 0.6 is 11.8 Å². The third-order valence-electron chi connectivity index (χ3n) is 2.58. The predicted molar refractivity (Wildman–Crippen MR) is 65.1 cm³/mol. The van der Waals surface area contributed by atoms with E-state index in [1.165, 1.54) is 18.5 Å². The van der Waals surface area contributed by atoms with Crippen LogP contribution in [0.1, 0.15) is 28.2 Å². The van der Waals surface area contributed by atoms with Crippen LogP contribution in [0, 0.1) is 13.8 Å². The van der Waals surface area contributed by atoms with Gasteiger partial charge in [-0.2, -0.15) is 30.0 Å². The highest BCUT2D eigenvalue weighted by Crippen LogP contribution is 2.25. The van der Waals surface area contributed by atoms with Crippen molar-refractivity contribution in [3.63, 3.8) is 0 Å². The molecule has 0 fully saturated rings. The highest BCUT2D eigenvalue weighted by atomic mass is 32.2. The fourth-order valence-corrected chi connectivity index (χ4v) is 2.16. The first-order valence-electron chi connectivity index (χ1n) is 5.43. The molecule has 7 heteroatoms. The molecular weight excluding hydrogens is 265 g/mol. The maximum Gasteiger partial charge on any atom is 0.455 e. The minimum absolute atomic E-state index is 0.138. The Labute approximate surface area is 108 Å². The molecule has 0 aliphatic carbocycles. The van der Waals surface area contributed by atoms with Gasteiger partial charge in [-0.25, -0.2) is 0 Å². The Morgan fingerprint density at radius 2 is 2.00 bits per heavy atom. The van der Waals surface area contributed by atoms with Crippen molar-refractivity contribution in [1.82, 2.24) is 9.78 Å². The Morgan fingerprint density at radius 1 is 1.39 bits per heavy atom. The molecule has 0 aromatic carbocycles. The van der Waals surface area contributed by atoms with Crippen LogP contribution in [0.25, 0.3) is 0 Å². The van der Waals surface area contributed by atoms with Crippen LogP contribution in [-0.4, -0.2) is 33.7 Å². The molecular formula is C11H15F3N2OS. The monoisotopic (exact) mass is 280 g/mol. The average Bonchev–Trinajstić information content (AvgIpc) is 2.52. The quantitative estimate of drug-likeness (QED) is 0.614. The van der Waals surface area contributed by atoms with E-state index in [2.05, 4.69) is 5.10 Å². The largest absolute Gasteiger partial charge is 0.455 e. The molecule has 0 atom stereocenters. The predicted octanol–water partition coefficient (Wildman–Crippen LogP) is 3.00. The third-order valence-corrected chi connectivity index (χ3v) is 3.28. The Hall–Kier alpha value is -0.980. The zero-order valence-electron chi connectivity index (χ0n) is 10.5. The first-order valence-corrected chi connectivity index (χ1v) is 6.83. The normalized spacial score (nSPS) is 11.9. The van der Waals surface area contributed by atoms with Crippen molar-refractivity contribution in [2.24, 2.45) is 0 Å². The summed E-state index contributed by atoms with van der Waals surface area (Å²) < 4.78 is 38.7. The Kier molecular flexibility index (Phi) is 4.84. The van der Waals surface area contributed by atoms with Crippen molar-refractivity contribution < 1.29 is 18.0 Å². The topological polar surface area (TPSA) is 34.9 Å². The van der Waals surface area contributed by atoms with E-state index in [-0.39, 0.29) is 17.0 Å². The summed E-state index contributed by atoms with van der Waals surface area (Å²) in [6.45, 7) is 3.45. The molecule has 3 nitrogen and oxygen atoms in total. The van der Waals surface area contributed by atoms with E-state index in [1.54, 1.807) is 11.8 Å². The first-order chi connectivity index (χ1) is 8.29. The summed E-state index contributed by atoms with van der Waals surface area (Å²) in [5, 5.41) is 4.00. The van der Waals surface area contributed by atoms with Crippen molar-refractivity contribution in [1.29, 1.82) is 0 Å². The summed E-state index contributed by atoms with van der Waals surface area (Å²) in [4.78, 5) is 11.3. The fourth-order valence-electron chi connectivity index (χ4n) is 1.74. The van der Waals surface area contributed by atoms with Crippen molar-refractivity contribution >= 4 is 17.5 Å². The van der Waals surface area contributed by atoms with Crippen LogP contribution in [0.15, 0.2) is 0 Å². The van der Waals surface area contributed by atoms with Gasteiger partial charge in [-0.15, -0.1) is 0 Å². The zero-order chi connectivity index (χ0) is 13.9. The molecule has 0 aliphatic heterocycles. The van der Waals surface area contributed by atoms with Crippen molar-refractivity contribution in [3.05, 3.63) is 17.0 Å². The summed E-state index contributed by atoms with van der Waals surface area (Å²) in [5.41, 5.74) is 0.113. The number of Topliss-reactive ketones (excluding diaryl/α,β-unsaturated/α-hetero) is 1. The van der Waals surface area contributed by atoms with E-state index in [4.69, 9.17) is 0 Å². The second-order valence-corrected chi connectivity index (χ2v) is 4.93. The molecule has 1 heterocycles. The summed E-state index contributed by atoms with van der Waals surface area (Å²) in [6.07, 6.45) is -2.08. The van der Waals surface area contributed by atoms with Gasteiger partial charge in [-0.05, 0) is 32.3 Å². The van der Waals surface area contributed by atoms with Gasteiger partial charge in [-0.3, -0.25) is 9.48 Å². The van der Waals surface area contributed by atoms with Crippen molar-refractivity contribution in [2.75, 3.05) is 12.0 Å². The number of aromatic nitrogens is 2. The van der Waals surface area contributed by atoms with Gasteiger partial charge >= 0.3 is 6.18 Å². The van der Waals surface area contributed by atoms with E-state index >= 15 is 0 Å². The lowest BCUT2D eigenvalue weighted by Gasteiger charge is -2.06. The zero-order valence-corrected chi connectivity index (χ0v) is 11.3. The van der Waals surface area contributed by atoms with Gasteiger partial charge in [0.05, 0.1) is 11.3 Å². The summed E-state index contributed by atoms with van der Waals surface area (Å²) >= 11 is 1.66. The SMILES string of the molecule is CSCCCn1nc(C)c(C(=O)C(F)(F)F)c1C. The lowest BCUT2D eigenvalue weighted by Crippen LogP contribution is -2.24. The fraction of sp³-hybridized carbons (Fsp3) is 0.636. The second kappa shape index (κ2) is 5.77. The number of thioether (sulfide) groups is 1. The maximum absolute atomic E-state index is 12.4. The van der Waals surface area contributed by atoms with Gasteiger partial charge in [0.2, 0.25) is 0 Å². The highest BCUT2D eigenvalue weighted by Gasteiger charge is 2.42. The van der Waals surface area contributed by atoms with Crippen LogP contribution in [-0.2, 0) is 6.54 Å². The van der Waals surface area contributed by atoms with Crippen LogP contribution < -0.4 is 0 Å². The molecule has 18 heavy (non-hydrogen) atoms. The number of ketones is 1. The van der Waals surface area contributed by atoms with E-state index in [0.717, 1.165) is 12.2 Å². The molecule has 0 aliphatic rings. The molecule has 0 N–H and O–H groups in total. The number of alkyl halides is 3. The van der Waals surface area contributed by atoms with Crippen molar-refractivity contribution in [3.8, 4) is 0 Å². The van der Waals surface area contributed by atoms with E-state index in [0.29, 0.717) is 6.54 Å². The Balaban J connectivity index is 2.98. The van der Waals surface area contributed by atoms with Crippen LogP contribution in [0.5, 0.6) is 0 Å². The van der Waals surface area contributed by atoms with Gasteiger partial charge < -0.3 is 0 Å². The molecule has 0 saturated carbocycles. The second-order valence-electron chi connectivity index (χ2n) is 3.94. The lowest BCUT2D eigenvalue weighted by atomic mass is 10.1. The number of aryl methyl sites for hydroxylation is 2. The van der Waals surface area contributed by atoms with Gasteiger partial charge in [0.15, 0.2) is 0 Å². The van der Waals surface area contributed by atoms with Crippen LogP contribution in [0.3, 0.4) is 0 Å². The van der Waals surface area contributed by atoms with Gasteiger partial charge in [0.1, 0.15) is 0 Å². The third kappa shape index (κ3) is 3.28. The minimum atomic E-state index is -4.84. The number of carbonyl (C=O) groups excluding carboxylic acids is 1. The molecule has 0 radical (unpaired) electrons. The number of hydrogen-bond donors (Lipinski definition) is 0.